The van der Waals surface area contributed by atoms with Gasteiger partial charge in [-0.3, -0.25) is 0 Å². The minimum atomic E-state index is -0.0446. The summed E-state index contributed by atoms with van der Waals surface area (Å²) in [7, 11) is 0. The summed E-state index contributed by atoms with van der Waals surface area (Å²) in [6, 6.07) is 1.86. The summed E-state index contributed by atoms with van der Waals surface area (Å²) in [6.07, 6.45) is 1.59. The van der Waals surface area contributed by atoms with Gasteiger partial charge in [-0.15, -0.1) is 11.6 Å². The van der Waals surface area contributed by atoms with Crippen LogP contribution in [0.4, 0.5) is 0 Å². The summed E-state index contributed by atoms with van der Waals surface area (Å²) in [4.78, 5) is 4.00. The van der Waals surface area contributed by atoms with Crippen molar-refractivity contribution in [2.24, 2.45) is 0 Å². The van der Waals surface area contributed by atoms with Crippen LogP contribution < -0.4 is 0 Å². The van der Waals surface area contributed by atoms with E-state index in [-0.39, 0.29) is 11.3 Å². The molecular formula is C11H13ClN2O2. The van der Waals surface area contributed by atoms with Gasteiger partial charge in [0, 0.05) is 11.5 Å². The van der Waals surface area contributed by atoms with Gasteiger partial charge in [0.05, 0.1) is 17.8 Å². The highest BCUT2D eigenvalue weighted by Crippen LogP contribution is 2.27. The van der Waals surface area contributed by atoms with Crippen LogP contribution in [0.1, 0.15) is 32.4 Å². The largest absolute Gasteiger partial charge is 0.436 e. The normalized spacial score (nSPS) is 12.0. The molecule has 0 amide bonds. The fourth-order valence-corrected chi connectivity index (χ4v) is 1.35. The Labute approximate surface area is 98.6 Å². The predicted octanol–water partition coefficient (Wildman–Crippen LogP) is 3.37. The molecule has 2 heterocycles. The molecule has 5 heteroatoms. The second-order valence-electron chi connectivity index (χ2n) is 4.58. The number of hydrogen-bond acceptors (Lipinski definition) is 4. The maximum Gasteiger partial charge on any atom is 0.210 e. The molecule has 0 fully saturated rings. The molecule has 0 aromatic carbocycles. The van der Waals surface area contributed by atoms with Crippen LogP contribution in [0, 0.1) is 0 Å². The van der Waals surface area contributed by atoms with Crippen molar-refractivity contribution in [2.75, 3.05) is 0 Å². The Morgan fingerprint density at radius 3 is 2.56 bits per heavy atom. The van der Waals surface area contributed by atoms with E-state index in [9.17, 15) is 0 Å². The van der Waals surface area contributed by atoms with Gasteiger partial charge in [0.2, 0.25) is 11.7 Å². The van der Waals surface area contributed by atoms with Gasteiger partial charge in [0.15, 0.2) is 5.76 Å². The van der Waals surface area contributed by atoms with Crippen molar-refractivity contribution >= 4 is 11.6 Å². The second-order valence-corrected chi connectivity index (χ2v) is 4.85. The van der Waals surface area contributed by atoms with Crippen LogP contribution in [0.25, 0.3) is 11.5 Å². The Balaban J connectivity index is 2.31. The average molecular weight is 241 g/mol. The van der Waals surface area contributed by atoms with E-state index in [1.807, 2.05) is 6.07 Å². The van der Waals surface area contributed by atoms with Gasteiger partial charge in [0.25, 0.3) is 0 Å². The van der Waals surface area contributed by atoms with E-state index in [2.05, 4.69) is 30.9 Å². The van der Waals surface area contributed by atoms with Crippen LogP contribution in [-0.2, 0) is 11.3 Å². The van der Waals surface area contributed by atoms with Crippen molar-refractivity contribution in [1.29, 1.82) is 0 Å². The molecule has 0 unspecified atom stereocenters. The molecule has 0 saturated carbocycles. The van der Waals surface area contributed by atoms with E-state index in [0.29, 0.717) is 17.4 Å². The Bertz CT molecular complexity index is 482. The van der Waals surface area contributed by atoms with Crippen molar-refractivity contribution in [3.05, 3.63) is 23.8 Å². The first kappa shape index (κ1) is 11.2. The van der Waals surface area contributed by atoms with Crippen molar-refractivity contribution in [1.82, 2.24) is 10.1 Å². The molecule has 0 atom stereocenters. The van der Waals surface area contributed by atoms with Crippen LogP contribution in [-0.4, -0.2) is 10.1 Å². The standard InChI is InChI=1S/C11H13ClN2O2/c1-11(2,3)9-4-7(16-14-9)8-6-13-10(5-12)15-8/h4,6H,5H2,1-3H3. The number of aromatic nitrogens is 2. The number of alkyl halides is 1. The quantitative estimate of drug-likeness (QED) is 0.756. The fourth-order valence-electron chi connectivity index (χ4n) is 1.23. The maximum absolute atomic E-state index is 5.60. The maximum atomic E-state index is 5.60. The molecule has 4 nitrogen and oxygen atoms in total. The first-order valence-electron chi connectivity index (χ1n) is 4.99. The second kappa shape index (κ2) is 3.94. The molecule has 0 spiro atoms. The van der Waals surface area contributed by atoms with Crippen LogP contribution in [0.5, 0.6) is 0 Å². The third-order valence-corrected chi connectivity index (χ3v) is 2.42. The summed E-state index contributed by atoms with van der Waals surface area (Å²) >= 11 is 5.60. The summed E-state index contributed by atoms with van der Waals surface area (Å²) < 4.78 is 10.6. The van der Waals surface area contributed by atoms with Crippen LogP contribution in [0.2, 0.25) is 0 Å². The predicted molar refractivity (Wildman–Crippen MR) is 60.3 cm³/mol. The lowest BCUT2D eigenvalue weighted by molar-refractivity contribution is 0.391. The zero-order valence-corrected chi connectivity index (χ0v) is 10.2. The van der Waals surface area contributed by atoms with Crippen molar-refractivity contribution in [2.45, 2.75) is 32.1 Å². The van der Waals surface area contributed by atoms with E-state index in [1.165, 1.54) is 0 Å². The van der Waals surface area contributed by atoms with E-state index >= 15 is 0 Å². The Morgan fingerprint density at radius 2 is 2.06 bits per heavy atom. The Kier molecular flexibility index (Phi) is 2.76. The third-order valence-electron chi connectivity index (χ3n) is 2.19. The minimum Gasteiger partial charge on any atom is -0.436 e. The first-order valence-corrected chi connectivity index (χ1v) is 5.52. The molecule has 0 aliphatic heterocycles. The van der Waals surface area contributed by atoms with E-state index in [0.717, 1.165) is 5.69 Å². The van der Waals surface area contributed by atoms with E-state index in [1.54, 1.807) is 6.20 Å². The number of nitrogens with zero attached hydrogens (tertiary/aromatic N) is 2. The average Bonchev–Trinajstić information content (AvgIpc) is 2.85. The molecule has 0 radical (unpaired) electrons. The third kappa shape index (κ3) is 2.11. The molecule has 0 aliphatic carbocycles. The van der Waals surface area contributed by atoms with Crippen LogP contribution in [0.3, 0.4) is 0 Å². The van der Waals surface area contributed by atoms with Gasteiger partial charge in [-0.2, -0.15) is 0 Å². The zero-order chi connectivity index (χ0) is 11.8. The van der Waals surface area contributed by atoms with Crippen molar-refractivity contribution in [3.8, 4) is 11.5 Å². The number of halogens is 1. The molecule has 0 N–H and O–H groups in total. The Hall–Kier alpha value is -1.29. The molecule has 0 saturated heterocycles. The summed E-state index contributed by atoms with van der Waals surface area (Å²) in [5, 5.41) is 4.00. The number of oxazole rings is 1. The lowest BCUT2D eigenvalue weighted by Gasteiger charge is -2.12. The first-order chi connectivity index (χ1) is 7.50. The lowest BCUT2D eigenvalue weighted by Crippen LogP contribution is -2.10. The van der Waals surface area contributed by atoms with Gasteiger partial charge in [0.1, 0.15) is 0 Å². The molecular weight excluding hydrogens is 228 g/mol. The van der Waals surface area contributed by atoms with E-state index < -0.39 is 0 Å². The van der Waals surface area contributed by atoms with Gasteiger partial charge in [-0.05, 0) is 0 Å². The van der Waals surface area contributed by atoms with Gasteiger partial charge < -0.3 is 8.94 Å². The van der Waals surface area contributed by atoms with Gasteiger partial charge >= 0.3 is 0 Å². The molecule has 2 rings (SSSR count). The number of rotatable bonds is 2. The van der Waals surface area contributed by atoms with Crippen molar-refractivity contribution < 1.29 is 8.94 Å². The Morgan fingerprint density at radius 1 is 1.31 bits per heavy atom. The molecule has 16 heavy (non-hydrogen) atoms. The molecule has 0 aliphatic rings. The highest BCUT2D eigenvalue weighted by molar-refractivity contribution is 6.16. The van der Waals surface area contributed by atoms with E-state index in [4.69, 9.17) is 20.5 Å². The van der Waals surface area contributed by atoms with Crippen LogP contribution >= 0.6 is 11.6 Å². The smallest absolute Gasteiger partial charge is 0.210 e. The zero-order valence-electron chi connectivity index (χ0n) is 9.45. The summed E-state index contributed by atoms with van der Waals surface area (Å²) in [5.41, 5.74) is 0.836. The minimum absolute atomic E-state index is 0.0446. The summed E-state index contributed by atoms with van der Waals surface area (Å²) in [5.74, 6) is 1.86. The van der Waals surface area contributed by atoms with Crippen LogP contribution in [0.15, 0.2) is 21.2 Å². The SMILES string of the molecule is CC(C)(C)c1cc(-c2cnc(CCl)o2)on1. The van der Waals surface area contributed by atoms with Gasteiger partial charge in [-0.1, -0.05) is 25.9 Å². The topological polar surface area (TPSA) is 52.1 Å². The van der Waals surface area contributed by atoms with Crippen molar-refractivity contribution in [3.63, 3.8) is 0 Å². The fraction of sp³-hybridized carbons (Fsp3) is 0.455. The van der Waals surface area contributed by atoms with Gasteiger partial charge in [-0.25, -0.2) is 4.98 Å². The highest BCUT2D eigenvalue weighted by atomic mass is 35.5. The molecule has 2 aromatic heterocycles. The molecule has 86 valence electrons. The highest BCUT2D eigenvalue weighted by Gasteiger charge is 2.20. The molecule has 2 aromatic rings. The number of hydrogen-bond donors (Lipinski definition) is 0. The lowest BCUT2D eigenvalue weighted by atomic mass is 9.92. The molecule has 0 bridgehead atoms. The monoisotopic (exact) mass is 240 g/mol. The summed E-state index contributed by atoms with van der Waals surface area (Å²) in [6.45, 7) is 6.21.